The summed E-state index contributed by atoms with van der Waals surface area (Å²) in [6.45, 7) is 11.2. The maximum atomic E-state index is 3.47. The number of piperidine rings is 2. The lowest BCUT2D eigenvalue weighted by atomic mass is 9.98. The Bertz CT molecular complexity index is 240. The van der Waals surface area contributed by atoms with Crippen LogP contribution in [0.3, 0.4) is 0 Å². The van der Waals surface area contributed by atoms with E-state index in [0.717, 1.165) is 12.0 Å². The van der Waals surface area contributed by atoms with Gasteiger partial charge in [-0.25, -0.2) is 0 Å². The van der Waals surface area contributed by atoms with Crippen LogP contribution in [-0.2, 0) is 0 Å². The Labute approximate surface area is 119 Å². The molecule has 1 N–H and O–H groups in total. The van der Waals surface area contributed by atoms with Crippen molar-refractivity contribution in [1.82, 2.24) is 15.1 Å². The van der Waals surface area contributed by atoms with E-state index in [9.17, 15) is 0 Å². The van der Waals surface area contributed by atoms with Gasteiger partial charge in [0.15, 0.2) is 0 Å². The summed E-state index contributed by atoms with van der Waals surface area (Å²) in [6, 6.07) is 1.52. The fraction of sp³-hybridized carbons (Fsp3) is 1.00. The van der Waals surface area contributed by atoms with Gasteiger partial charge in [-0.3, -0.25) is 0 Å². The van der Waals surface area contributed by atoms with Gasteiger partial charge in [-0.05, 0) is 64.8 Å². The Morgan fingerprint density at radius 2 is 1.63 bits per heavy atom. The van der Waals surface area contributed by atoms with Gasteiger partial charge in [0, 0.05) is 18.6 Å². The number of nitrogens with one attached hydrogen (secondary N) is 1. The SMILES string of the molecule is CNC(CN1CCC(N2CCCCC2)CC1)C(C)C. The lowest BCUT2D eigenvalue weighted by molar-refractivity contribution is 0.0857. The van der Waals surface area contributed by atoms with Crippen LogP contribution in [0.15, 0.2) is 0 Å². The average molecular weight is 267 g/mol. The van der Waals surface area contributed by atoms with Crippen LogP contribution in [0.5, 0.6) is 0 Å². The van der Waals surface area contributed by atoms with Crippen molar-refractivity contribution in [2.24, 2.45) is 5.92 Å². The second kappa shape index (κ2) is 7.61. The minimum absolute atomic E-state index is 0.645. The molecule has 2 aliphatic heterocycles. The quantitative estimate of drug-likeness (QED) is 0.824. The third kappa shape index (κ3) is 4.44. The Balaban J connectivity index is 1.72. The first kappa shape index (κ1) is 15.3. The highest BCUT2D eigenvalue weighted by molar-refractivity contribution is 4.83. The number of likely N-dealkylation sites (N-methyl/N-ethyl adjacent to an activating group) is 1. The first-order chi connectivity index (χ1) is 9.20. The molecular formula is C16H33N3. The highest BCUT2D eigenvalue weighted by Gasteiger charge is 2.26. The normalized spacial score (nSPS) is 25.9. The van der Waals surface area contributed by atoms with Crippen LogP contribution in [0, 0.1) is 5.92 Å². The first-order valence-corrected chi connectivity index (χ1v) is 8.34. The summed E-state index contributed by atoms with van der Waals surface area (Å²) in [5, 5.41) is 3.47. The van der Waals surface area contributed by atoms with Gasteiger partial charge in [0.05, 0.1) is 0 Å². The molecule has 0 saturated carbocycles. The molecule has 2 rings (SSSR count). The molecule has 0 amide bonds. The molecule has 112 valence electrons. The molecule has 3 heteroatoms. The monoisotopic (exact) mass is 267 g/mol. The van der Waals surface area contributed by atoms with Crippen LogP contribution in [0.1, 0.15) is 46.0 Å². The maximum Gasteiger partial charge on any atom is 0.0214 e. The van der Waals surface area contributed by atoms with E-state index in [1.165, 1.54) is 64.8 Å². The summed E-state index contributed by atoms with van der Waals surface area (Å²) in [5.41, 5.74) is 0. The summed E-state index contributed by atoms with van der Waals surface area (Å²) in [6.07, 6.45) is 7.07. The van der Waals surface area contributed by atoms with Crippen molar-refractivity contribution in [3.05, 3.63) is 0 Å². The van der Waals surface area contributed by atoms with Gasteiger partial charge in [0.25, 0.3) is 0 Å². The second-order valence-corrected chi connectivity index (χ2v) is 6.77. The van der Waals surface area contributed by atoms with Crippen molar-refractivity contribution in [2.75, 3.05) is 39.8 Å². The molecule has 2 saturated heterocycles. The molecule has 1 atom stereocenters. The van der Waals surface area contributed by atoms with Gasteiger partial charge in [-0.1, -0.05) is 20.3 Å². The van der Waals surface area contributed by atoms with E-state index in [0.29, 0.717) is 6.04 Å². The Morgan fingerprint density at radius 3 is 2.16 bits per heavy atom. The Kier molecular flexibility index (Phi) is 6.11. The summed E-state index contributed by atoms with van der Waals surface area (Å²) in [4.78, 5) is 5.43. The van der Waals surface area contributed by atoms with Crippen LogP contribution >= 0.6 is 0 Å². The van der Waals surface area contributed by atoms with Crippen molar-refractivity contribution in [2.45, 2.75) is 58.0 Å². The van der Waals surface area contributed by atoms with E-state index < -0.39 is 0 Å². The van der Waals surface area contributed by atoms with Crippen molar-refractivity contribution in [3.8, 4) is 0 Å². The van der Waals surface area contributed by atoms with E-state index >= 15 is 0 Å². The van der Waals surface area contributed by atoms with Crippen LogP contribution in [0.2, 0.25) is 0 Å². The van der Waals surface area contributed by atoms with Crippen molar-refractivity contribution >= 4 is 0 Å². The van der Waals surface area contributed by atoms with Gasteiger partial charge in [-0.15, -0.1) is 0 Å². The molecule has 0 bridgehead atoms. The number of nitrogens with zero attached hydrogens (tertiary/aromatic N) is 2. The van der Waals surface area contributed by atoms with Gasteiger partial charge >= 0.3 is 0 Å². The molecule has 19 heavy (non-hydrogen) atoms. The molecule has 0 spiro atoms. The van der Waals surface area contributed by atoms with E-state index in [2.05, 4.69) is 36.0 Å². The molecule has 2 heterocycles. The fourth-order valence-corrected chi connectivity index (χ4v) is 3.66. The summed E-state index contributed by atoms with van der Waals surface area (Å²) < 4.78 is 0. The van der Waals surface area contributed by atoms with Crippen molar-refractivity contribution < 1.29 is 0 Å². The zero-order valence-electron chi connectivity index (χ0n) is 13.2. The molecule has 2 aliphatic rings. The fourth-order valence-electron chi connectivity index (χ4n) is 3.66. The molecule has 3 nitrogen and oxygen atoms in total. The summed E-state index contributed by atoms with van der Waals surface area (Å²) in [5.74, 6) is 0.727. The van der Waals surface area contributed by atoms with Gasteiger partial charge < -0.3 is 15.1 Å². The van der Waals surface area contributed by atoms with E-state index in [-0.39, 0.29) is 0 Å². The highest BCUT2D eigenvalue weighted by Crippen LogP contribution is 2.21. The lowest BCUT2D eigenvalue weighted by Gasteiger charge is -2.41. The molecule has 2 fully saturated rings. The van der Waals surface area contributed by atoms with Gasteiger partial charge in [0.2, 0.25) is 0 Å². The van der Waals surface area contributed by atoms with Gasteiger partial charge in [0.1, 0.15) is 0 Å². The minimum Gasteiger partial charge on any atom is -0.315 e. The predicted octanol–water partition coefficient (Wildman–Crippen LogP) is 2.18. The number of likely N-dealkylation sites (tertiary alicyclic amines) is 2. The minimum atomic E-state index is 0.645. The molecule has 0 radical (unpaired) electrons. The maximum absolute atomic E-state index is 3.47. The molecular weight excluding hydrogens is 234 g/mol. The number of hydrogen-bond donors (Lipinski definition) is 1. The van der Waals surface area contributed by atoms with Crippen molar-refractivity contribution in [1.29, 1.82) is 0 Å². The van der Waals surface area contributed by atoms with Crippen LogP contribution in [0.4, 0.5) is 0 Å². The largest absolute Gasteiger partial charge is 0.315 e. The average Bonchev–Trinajstić information content (AvgIpc) is 2.46. The van der Waals surface area contributed by atoms with Crippen LogP contribution in [0.25, 0.3) is 0 Å². The third-order valence-corrected chi connectivity index (χ3v) is 5.09. The second-order valence-electron chi connectivity index (χ2n) is 6.77. The molecule has 0 aromatic heterocycles. The first-order valence-electron chi connectivity index (χ1n) is 8.34. The topological polar surface area (TPSA) is 18.5 Å². The standard InChI is InChI=1S/C16H33N3/c1-14(2)16(17-3)13-18-11-7-15(8-12-18)19-9-5-4-6-10-19/h14-17H,4-13H2,1-3H3. The summed E-state index contributed by atoms with van der Waals surface area (Å²) >= 11 is 0. The Morgan fingerprint density at radius 1 is 1.00 bits per heavy atom. The van der Waals surface area contributed by atoms with E-state index in [1.54, 1.807) is 0 Å². The highest BCUT2D eigenvalue weighted by atomic mass is 15.2. The predicted molar refractivity (Wildman–Crippen MR) is 82.6 cm³/mol. The number of rotatable bonds is 5. The summed E-state index contributed by atoms with van der Waals surface area (Å²) in [7, 11) is 2.10. The third-order valence-electron chi connectivity index (χ3n) is 5.09. The van der Waals surface area contributed by atoms with Crippen LogP contribution < -0.4 is 5.32 Å². The Hall–Kier alpha value is -0.120. The lowest BCUT2D eigenvalue weighted by Crippen LogP contribution is -2.50. The van der Waals surface area contributed by atoms with Crippen LogP contribution in [-0.4, -0.2) is 61.7 Å². The van der Waals surface area contributed by atoms with E-state index in [1.807, 2.05) is 0 Å². The zero-order chi connectivity index (χ0) is 13.7. The zero-order valence-corrected chi connectivity index (χ0v) is 13.2. The van der Waals surface area contributed by atoms with Gasteiger partial charge in [-0.2, -0.15) is 0 Å². The molecule has 0 aromatic carbocycles. The van der Waals surface area contributed by atoms with Crippen molar-refractivity contribution in [3.63, 3.8) is 0 Å². The van der Waals surface area contributed by atoms with E-state index in [4.69, 9.17) is 0 Å². The molecule has 1 unspecified atom stereocenters. The molecule has 0 aromatic rings. The smallest absolute Gasteiger partial charge is 0.0214 e. The molecule has 0 aliphatic carbocycles. The number of hydrogen-bond acceptors (Lipinski definition) is 3.